The first-order valence-electron chi connectivity index (χ1n) is 8.14. The van der Waals surface area contributed by atoms with Gasteiger partial charge in [-0.05, 0) is 35.9 Å². The maximum Gasteiger partial charge on any atom is 0.222 e. The summed E-state index contributed by atoms with van der Waals surface area (Å²) in [4.78, 5) is 23.4. The monoisotopic (exact) mass is 355 g/mol. The number of aryl methyl sites for hydroxylation is 1. The van der Waals surface area contributed by atoms with E-state index in [1.165, 1.54) is 16.9 Å². The highest BCUT2D eigenvalue weighted by Crippen LogP contribution is 2.13. The molecule has 0 saturated carbocycles. The van der Waals surface area contributed by atoms with Gasteiger partial charge in [-0.2, -0.15) is 4.80 Å². The van der Waals surface area contributed by atoms with Crippen LogP contribution in [0.4, 0.5) is 4.39 Å². The van der Waals surface area contributed by atoms with Crippen LogP contribution >= 0.6 is 0 Å². The molecule has 0 aliphatic rings. The first kappa shape index (κ1) is 17.6. The second-order valence-corrected chi connectivity index (χ2v) is 5.77. The molecule has 0 bridgehead atoms. The van der Waals surface area contributed by atoms with E-state index in [9.17, 15) is 9.18 Å². The van der Waals surface area contributed by atoms with E-state index < -0.39 is 0 Å². The van der Waals surface area contributed by atoms with Gasteiger partial charge in [0.1, 0.15) is 5.82 Å². The number of tetrazole rings is 1. The highest BCUT2D eigenvalue weighted by molar-refractivity contribution is 5.75. The van der Waals surface area contributed by atoms with E-state index in [0.717, 1.165) is 5.69 Å². The molecule has 0 saturated heterocycles. The van der Waals surface area contributed by atoms with Gasteiger partial charge in [-0.25, -0.2) is 4.39 Å². The van der Waals surface area contributed by atoms with Crippen molar-refractivity contribution in [3.8, 4) is 11.4 Å². The molecule has 2 aromatic heterocycles. The lowest BCUT2D eigenvalue weighted by Gasteiger charge is -2.16. The van der Waals surface area contributed by atoms with Gasteiger partial charge in [-0.1, -0.05) is 0 Å². The van der Waals surface area contributed by atoms with Gasteiger partial charge >= 0.3 is 0 Å². The van der Waals surface area contributed by atoms with Crippen molar-refractivity contribution in [3.63, 3.8) is 0 Å². The van der Waals surface area contributed by atoms with E-state index in [2.05, 4.69) is 25.4 Å². The van der Waals surface area contributed by atoms with Crippen molar-refractivity contribution in [2.24, 2.45) is 0 Å². The van der Waals surface area contributed by atoms with Gasteiger partial charge in [0.15, 0.2) is 0 Å². The van der Waals surface area contributed by atoms with Crippen molar-refractivity contribution >= 4 is 5.91 Å². The van der Waals surface area contributed by atoms with Crippen LogP contribution in [0.3, 0.4) is 0 Å². The quantitative estimate of drug-likeness (QED) is 0.641. The Hall–Kier alpha value is -3.23. The van der Waals surface area contributed by atoms with Crippen LogP contribution in [0.25, 0.3) is 11.4 Å². The number of rotatable bonds is 7. The summed E-state index contributed by atoms with van der Waals surface area (Å²) >= 11 is 0. The number of benzene rings is 1. The first-order chi connectivity index (χ1) is 12.6. The third kappa shape index (κ3) is 4.65. The van der Waals surface area contributed by atoms with E-state index in [0.29, 0.717) is 37.3 Å². The Morgan fingerprint density at radius 1 is 1.23 bits per heavy atom. The van der Waals surface area contributed by atoms with Crippen LogP contribution in [0.1, 0.15) is 18.5 Å². The van der Waals surface area contributed by atoms with E-state index in [-0.39, 0.29) is 11.7 Å². The Morgan fingerprint density at radius 2 is 2.04 bits per heavy atom. The number of nitrogens with zero attached hydrogens (tertiary/aromatic N) is 7. The van der Waals surface area contributed by atoms with Gasteiger partial charge in [-0.15, -0.1) is 10.2 Å². The molecule has 26 heavy (non-hydrogen) atoms. The fraction of sp³-hybridized carbons (Fsp3) is 0.294. The topological polar surface area (TPSA) is 89.7 Å². The van der Waals surface area contributed by atoms with Gasteiger partial charge in [0, 0.05) is 31.4 Å². The maximum atomic E-state index is 12.9. The van der Waals surface area contributed by atoms with E-state index in [1.807, 2.05) is 0 Å². The molecule has 9 heteroatoms. The minimum atomic E-state index is -0.315. The second-order valence-electron chi connectivity index (χ2n) is 5.77. The summed E-state index contributed by atoms with van der Waals surface area (Å²) in [5, 5.41) is 12.2. The van der Waals surface area contributed by atoms with Gasteiger partial charge in [0.05, 0.1) is 25.0 Å². The average molecular weight is 355 g/mol. The molecule has 0 radical (unpaired) electrons. The molecule has 3 rings (SSSR count). The number of carbonyl (C=O) groups excluding carboxylic acids is 1. The maximum absolute atomic E-state index is 12.9. The smallest absolute Gasteiger partial charge is 0.222 e. The summed E-state index contributed by atoms with van der Waals surface area (Å²) in [6.45, 7) is 0.891. The summed E-state index contributed by atoms with van der Waals surface area (Å²) in [7, 11) is 1.73. The minimum absolute atomic E-state index is 0.00882. The van der Waals surface area contributed by atoms with Crippen LogP contribution in [-0.2, 0) is 17.9 Å². The molecule has 0 atom stereocenters. The third-order valence-corrected chi connectivity index (χ3v) is 3.75. The van der Waals surface area contributed by atoms with Gasteiger partial charge in [-0.3, -0.25) is 14.8 Å². The lowest BCUT2D eigenvalue weighted by molar-refractivity contribution is -0.130. The summed E-state index contributed by atoms with van der Waals surface area (Å²) in [6.07, 6.45) is 5.78. The summed E-state index contributed by atoms with van der Waals surface area (Å²) < 4.78 is 12.9. The van der Waals surface area contributed by atoms with Crippen molar-refractivity contribution < 1.29 is 9.18 Å². The minimum Gasteiger partial charge on any atom is -0.340 e. The summed E-state index contributed by atoms with van der Waals surface area (Å²) in [6, 6.07) is 5.90. The predicted octanol–water partition coefficient (Wildman–Crippen LogP) is 1.71. The normalized spacial score (nSPS) is 10.7. The Morgan fingerprint density at radius 3 is 2.77 bits per heavy atom. The van der Waals surface area contributed by atoms with Crippen LogP contribution < -0.4 is 0 Å². The molecule has 1 aromatic carbocycles. The fourth-order valence-electron chi connectivity index (χ4n) is 2.36. The largest absolute Gasteiger partial charge is 0.340 e. The van der Waals surface area contributed by atoms with Crippen molar-refractivity contribution in [1.82, 2.24) is 35.1 Å². The van der Waals surface area contributed by atoms with Crippen LogP contribution in [0.2, 0.25) is 0 Å². The number of aromatic nitrogens is 6. The van der Waals surface area contributed by atoms with Crippen molar-refractivity contribution in [2.45, 2.75) is 25.9 Å². The Balaban J connectivity index is 1.47. The Labute approximate surface area is 149 Å². The highest BCUT2D eigenvalue weighted by atomic mass is 19.1. The molecule has 0 unspecified atom stereocenters. The lowest BCUT2D eigenvalue weighted by atomic mass is 10.2. The van der Waals surface area contributed by atoms with Crippen LogP contribution in [-0.4, -0.2) is 48.0 Å². The Kier molecular flexibility index (Phi) is 5.57. The molecule has 0 spiro atoms. The van der Waals surface area contributed by atoms with E-state index in [4.69, 9.17) is 0 Å². The fourth-order valence-corrected chi connectivity index (χ4v) is 2.36. The van der Waals surface area contributed by atoms with Crippen LogP contribution in [0.15, 0.2) is 42.9 Å². The highest BCUT2D eigenvalue weighted by Gasteiger charge is 2.11. The molecular weight excluding hydrogens is 337 g/mol. The second kappa shape index (κ2) is 8.24. The molecule has 0 aliphatic heterocycles. The van der Waals surface area contributed by atoms with Gasteiger partial charge in [0.2, 0.25) is 11.7 Å². The summed E-state index contributed by atoms with van der Waals surface area (Å²) in [5.41, 5.74) is 1.43. The number of carbonyl (C=O) groups is 1. The number of halogens is 1. The zero-order chi connectivity index (χ0) is 18.4. The van der Waals surface area contributed by atoms with E-state index in [1.54, 1.807) is 42.7 Å². The van der Waals surface area contributed by atoms with Crippen molar-refractivity contribution in [3.05, 3.63) is 54.4 Å². The van der Waals surface area contributed by atoms with Crippen molar-refractivity contribution in [1.29, 1.82) is 0 Å². The summed E-state index contributed by atoms with van der Waals surface area (Å²) in [5.74, 6) is 0.121. The molecular formula is C17H18FN7O. The Bertz CT molecular complexity index is 851. The SMILES string of the molecule is CN(Cc1cnccn1)C(=O)CCCn1nnc(-c2ccc(F)cc2)n1. The number of hydrogen-bond acceptors (Lipinski definition) is 6. The lowest BCUT2D eigenvalue weighted by Crippen LogP contribution is -2.26. The molecule has 0 N–H and O–H groups in total. The average Bonchev–Trinajstić information content (AvgIpc) is 3.12. The number of hydrogen-bond donors (Lipinski definition) is 0. The molecule has 3 aromatic rings. The van der Waals surface area contributed by atoms with Crippen LogP contribution in [0.5, 0.6) is 0 Å². The molecule has 8 nitrogen and oxygen atoms in total. The predicted molar refractivity (Wildman–Crippen MR) is 91.0 cm³/mol. The zero-order valence-electron chi connectivity index (χ0n) is 14.3. The molecule has 1 amide bonds. The van der Waals surface area contributed by atoms with E-state index >= 15 is 0 Å². The first-order valence-corrected chi connectivity index (χ1v) is 8.14. The van der Waals surface area contributed by atoms with Crippen LogP contribution in [0, 0.1) is 5.82 Å². The van der Waals surface area contributed by atoms with Gasteiger partial charge in [0.25, 0.3) is 0 Å². The molecule has 134 valence electrons. The zero-order valence-corrected chi connectivity index (χ0v) is 14.3. The van der Waals surface area contributed by atoms with Gasteiger partial charge < -0.3 is 4.90 Å². The van der Waals surface area contributed by atoms with Crippen molar-refractivity contribution in [2.75, 3.05) is 7.05 Å². The molecule has 0 aliphatic carbocycles. The number of amides is 1. The molecule has 0 fully saturated rings. The third-order valence-electron chi connectivity index (χ3n) is 3.75. The standard InChI is InChI=1S/C17H18FN7O/c1-24(12-15-11-19-8-9-20-15)16(26)3-2-10-25-22-17(21-23-25)13-4-6-14(18)7-5-13/h4-9,11H,2-3,10,12H2,1H3. The molecule has 2 heterocycles.